The van der Waals surface area contributed by atoms with Crippen molar-refractivity contribution < 1.29 is 0 Å². The average molecular weight is 183 g/mol. The van der Waals surface area contributed by atoms with Gasteiger partial charge in [-0.25, -0.2) is 0 Å². The van der Waals surface area contributed by atoms with Crippen LogP contribution in [-0.4, -0.2) is 30.4 Å². The lowest BCUT2D eigenvalue weighted by Gasteiger charge is -2.26. The van der Waals surface area contributed by atoms with E-state index in [4.69, 9.17) is 11.1 Å². The van der Waals surface area contributed by atoms with Gasteiger partial charge in [0, 0.05) is 19.0 Å². The average Bonchev–Trinajstić information content (AvgIpc) is 2.67. The monoisotopic (exact) mass is 183 g/mol. The molecule has 1 rings (SSSR count). The molecular weight excluding hydrogens is 162 g/mol. The van der Waals surface area contributed by atoms with E-state index < -0.39 is 0 Å². The highest BCUT2D eigenvalue weighted by Gasteiger charge is 2.43. The second-order valence-corrected chi connectivity index (χ2v) is 4.71. The van der Waals surface area contributed by atoms with Crippen molar-refractivity contribution in [2.45, 2.75) is 39.2 Å². The number of rotatable bonds is 5. The fourth-order valence-corrected chi connectivity index (χ4v) is 1.68. The van der Waals surface area contributed by atoms with Crippen LogP contribution in [0, 0.1) is 10.8 Å². The van der Waals surface area contributed by atoms with Crippen LogP contribution in [0.15, 0.2) is 0 Å². The van der Waals surface area contributed by atoms with Gasteiger partial charge in [0.1, 0.15) is 0 Å². The molecule has 0 atom stereocenters. The number of nitrogens with zero attached hydrogens (tertiary/aromatic N) is 1. The van der Waals surface area contributed by atoms with Crippen molar-refractivity contribution in [1.82, 2.24) is 4.90 Å². The first-order valence-electron chi connectivity index (χ1n) is 4.98. The summed E-state index contributed by atoms with van der Waals surface area (Å²) in [6.07, 6.45) is 3.26. The Morgan fingerprint density at radius 3 is 2.38 bits per heavy atom. The minimum absolute atomic E-state index is 0.342. The molecule has 76 valence electrons. The molecule has 3 N–H and O–H groups in total. The quantitative estimate of drug-likeness (QED) is 0.500. The normalized spacial score (nSPS) is 19.5. The smallest absolute Gasteiger partial charge is 0.0911 e. The van der Waals surface area contributed by atoms with Crippen molar-refractivity contribution in [1.29, 1.82) is 5.41 Å². The Morgan fingerprint density at radius 2 is 2.08 bits per heavy atom. The number of amidine groups is 1. The van der Waals surface area contributed by atoms with E-state index in [1.807, 2.05) is 0 Å². The van der Waals surface area contributed by atoms with E-state index in [0.29, 0.717) is 17.3 Å². The van der Waals surface area contributed by atoms with Crippen LogP contribution in [-0.2, 0) is 0 Å². The van der Waals surface area contributed by atoms with Gasteiger partial charge in [0.15, 0.2) is 0 Å². The third kappa shape index (κ3) is 2.99. The molecule has 0 unspecified atom stereocenters. The highest BCUT2D eigenvalue weighted by Crippen LogP contribution is 2.49. The van der Waals surface area contributed by atoms with Gasteiger partial charge in [-0.2, -0.15) is 0 Å². The van der Waals surface area contributed by atoms with Crippen LogP contribution in [0.3, 0.4) is 0 Å². The zero-order chi connectivity index (χ0) is 10.1. The first-order chi connectivity index (χ1) is 5.95. The summed E-state index contributed by atoms with van der Waals surface area (Å²) in [5.41, 5.74) is 5.79. The Bertz CT molecular complexity index is 194. The second-order valence-electron chi connectivity index (χ2n) is 4.71. The third-order valence-electron chi connectivity index (χ3n) is 2.99. The van der Waals surface area contributed by atoms with Crippen LogP contribution < -0.4 is 5.73 Å². The molecule has 0 aromatic rings. The number of hydrogen-bond acceptors (Lipinski definition) is 2. The molecule has 0 spiro atoms. The highest BCUT2D eigenvalue weighted by molar-refractivity contribution is 5.78. The molecule has 1 aliphatic carbocycles. The predicted molar refractivity (Wildman–Crippen MR) is 56.0 cm³/mol. The van der Waals surface area contributed by atoms with Gasteiger partial charge < -0.3 is 10.6 Å². The minimum Gasteiger partial charge on any atom is -0.388 e. The molecule has 0 aliphatic heterocycles. The molecule has 3 heteroatoms. The maximum atomic E-state index is 7.30. The zero-order valence-corrected chi connectivity index (χ0v) is 8.93. The van der Waals surface area contributed by atoms with E-state index >= 15 is 0 Å². The third-order valence-corrected chi connectivity index (χ3v) is 2.99. The molecule has 13 heavy (non-hydrogen) atoms. The van der Waals surface area contributed by atoms with E-state index in [-0.39, 0.29) is 0 Å². The molecule has 3 nitrogen and oxygen atoms in total. The molecule has 1 saturated carbocycles. The van der Waals surface area contributed by atoms with Gasteiger partial charge in [-0.1, -0.05) is 0 Å². The topological polar surface area (TPSA) is 53.1 Å². The Balaban J connectivity index is 2.39. The second kappa shape index (κ2) is 3.66. The molecule has 0 aromatic heterocycles. The summed E-state index contributed by atoms with van der Waals surface area (Å²) >= 11 is 0. The van der Waals surface area contributed by atoms with Crippen LogP contribution in [0.25, 0.3) is 0 Å². The van der Waals surface area contributed by atoms with Gasteiger partial charge in [0.25, 0.3) is 0 Å². The van der Waals surface area contributed by atoms with Gasteiger partial charge in [0.05, 0.1) is 5.84 Å². The van der Waals surface area contributed by atoms with Gasteiger partial charge in [-0.3, -0.25) is 5.41 Å². The van der Waals surface area contributed by atoms with E-state index in [2.05, 4.69) is 25.8 Å². The molecule has 0 bridgehead atoms. The van der Waals surface area contributed by atoms with Crippen LogP contribution in [0.2, 0.25) is 0 Å². The van der Waals surface area contributed by atoms with Crippen molar-refractivity contribution in [2.75, 3.05) is 13.6 Å². The van der Waals surface area contributed by atoms with E-state index in [1.165, 1.54) is 12.8 Å². The minimum atomic E-state index is 0.342. The summed E-state index contributed by atoms with van der Waals surface area (Å²) in [4.78, 5) is 2.34. The fourth-order valence-electron chi connectivity index (χ4n) is 1.68. The zero-order valence-electron chi connectivity index (χ0n) is 8.93. The van der Waals surface area contributed by atoms with Gasteiger partial charge in [0.2, 0.25) is 0 Å². The number of nitrogens with one attached hydrogen (secondary N) is 1. The van der Waals surface area contributed by atoms with Crippen molar-refractivity contribution in [3.63, 3.8) is 0 Å². The summed E-state index contributed by atoms with van der Waals surface area (Å²) in [5, 5.41) is 7.30. The van der Waals surface area contributed by atoms with Crippen molar-refractivity contribution in [3.05, 3.63) is 0 Å². The molecule has 1 fully saturated rings. The molecular formula is C10H21N3. The predicted octanol–water partition coefficient (Wildman–Crippen LogP) is 1.43. The summed E-state index contributed by atoms with van der Waals surface area (Å²) in [7, 11) is 2.14. The van der Waals surface area contributed by atoms with Crippen molar-refractivity contribution in [2.24, 2.45) is 11.1 Å². The molecule has 0 radical (unpaired) electrons. The lowest BCUT2D eigenvalue weighted by Crippen LogP contribution is -2.34. The Hall–Kier alpha value is -0.570. The van der Waals surface area contributed by atoms with Crippen molar-refractivity contribution in [3.8, 4) is 0 Å². The maximum Gasteiger partial charge on any atom is 0.0911 e. The van der Waals surface area contributed by atoms with Gasteiger partial charge in [-0.15, -0.1) is 0 Å². The first kappa shape index (κ1) is 10.5. The highest BCUT2D eigenvalue weighted by atomic mass is 15.1. The number of nitrogens with two attached hydrogens (primary N) is 1. The molecule has 0 aromatic carbocycles. The fraction of sp³-hybridized carbons (Fsp3) is 0.900. The Labute approximate surface area is 80.8 Å². The largest absolute Gasteiger partial charge is 0.388 e. The van der Waals surface area contributed by atoms with Crippen LogP contribution in [0.5, 0.6) is 0 Å². The molecule has 0 saturated heterocycles. The SMILES string of the molecule is CC(C)N(C)CC1(CC(=N)N)CC1. The van der Waals surface area contributed by atoms with Crippen LogP contribution >= 0.6 is 0 Å². The van der Waals surface area contributed by atoms with E-state index in [1.54, 1.807) is 0 Å². The molecule has 0 heterocycles. The van der Waals surface area contributed by atoms with Crippen molar-refractivity contribution >= 4 is 5.84 Å². The number of hydrogen-bond donors (Lipinski definition) is 2. The maximum absolute atomic E-state index is 7.30. The van der Waals surface area contributed by atoms with Crippen LogP contribution in [0.4, 0.5) is 0 Å². The summed E-state index contributed by atoms with van der Waals surface area (Å²) in [6, 6.07) is 0.587. The van der Waals surface area contributed by atoms with Crippen LogP contribution in [0.1, 0.15) is 33.1 Å². The van der Waals surface area contributed by atoms with Gasteiger partial charge in [-0.05, 0) is 39.2 Å². The Morgan fingerprint density at radius 1 is 1.54 bits per heavy atom. The molecule has 0 amide bonds. The molecule has 1 aliphatic rings. The van der Waals surface area contributed by atoms with E-state index in [9.17, 15) is 0 Å². The summed E-state index contributed by atoms with van der Waals surface area (Å²) < 4.78 is 0. The van der Waals surface area contributed by atoms with Gasteiger partial charge >= 0.3 is 0 Å². The lowest BCUT2D eigenvalue weighted by molar-refractivity contribution is 0.221. The standard InChI is InChI=1S/C10H21N3/c1-8(2)13(3)7-10(4-5-10)6-9(11)12/h8H,4-7H2,1-3H3,(H3,11,12). The lowest BCUT2D eigenvalue weighted by atomic mass is 10.0. The Kier molecular flexibility index (Phi) is 2.96. The first-order valence-corrected chi connectivity index (χ1v) is 4.98. The van der Waals surface area contributed by atoms with E-state index in [0.717, 1.165) is 13.0 Å². The summed E-state index contributed by atoms with van der Waals surface area (Å²) in [6.45, 7) is 5.48. The summed E-state index contributed by atoms with van der Waals surface area (Å²) in [5.74, 6) is 0.342.